The molecule has 0 atom stereocenters. The summed E-state index contributed by atoms with van der Waals surface area (Å²) in [5.41, 5.74) is -1.05. The lowest BCUT2D eigenvalue weighted by molar-refractivity contribution is 0.408. The van der Waals surface area contributed by atoms with Crippen LogP contribution in [0.4, 0.5) is 0 Å². The van der Waals surface area contributed by atoms with Crippen LogP contribution in [0.1, 0.15) is 0 Å². The Hall–Kier alpha value is -5.90. The molecule has 5 N–H and O–H groups in total. The molecule has 0 saturated carbocycles. The Balaban J connectivity index is 1.76. The molecular weight excluding hydrogens is 532 g/mol. The van der Waals surface area contributed by atoms with E-state index in [1.165, 1.54) is 61.7 Å². The number of hydrogen-bond acceptors (Lipinski definition) is 10. The maximum absolute atomic E-state index is 13.3. The van der Waals surface area contributed by atoms with E-state index in [0.717, 1.165) is 18.2 Å². The highest BCUT2D eigenvalue weighted by atomic mass is 16.5. The molecule has 6 rings (SSSR count). The van der Waals surface area contributed by atoms with Gasteiger partial charge in [-0.1, -0.05) is 0 Å². The van der Waals surface area contributed by atoms with Crippen molar-refractivity contribution in [3.63, 3.8) is 0 Å². The molecule has 10 nitrogen and oxygen atoms in total. The number of methoxy groups -OCH3 is 1. The summed E-state index contributed by atoms with van der Waals surface area (Å²) in [5.74, 6) is -1.47. The molecule has 4 aromatic carbocycles. The summed E-state index contributed by atoms with van der Waals surface area (Å²) in [4.78, 5) is 26.5. The molecule has 2 heterocycles. The van der Waals surface area contributed by atoms with Gasteiger partial charge in [0.15, 0.2) is 22.0 Å². The lowest BCUT2D eigenvalue weighted by Crippen LogP contribution is -2.05. The second-order valence-corrected chi connectivity index (χ2v) is 9.21. The van der Waals surface area contributed by atoms with E-state index in [0.29, 0.717) is 11.1 Å². The van der Waals surface area contributed by atoms with E-state index in [1.54, 1.807) is 0 Å². The van der Waals surface area contributed by atoms with Crippen LogP contribution in [0.15, 0.2) is 91.2 Å². The minimum absolute atomic E-state index is 0.00293. The van der Waals surface area contributed by atoms with Gasteiger partial charge >= 0.3 is 0 Å². The maximum atomic E-state index is 13.3. The summed E-state index contributed by atoms with van der Waals surface area (Å²) in [6.07, 6.45) is 0. The van der Waals surface area contributed by atoms with Crippen molar-refractivity contribution in [1.82, 2.24) is 0 Å². The standard InChI is InChI=1S/C31H20O10/c1-39-25-13-22(38)27-21(37)12-24(15-4-8-17(33)9-5-15)41-31(27)29(25)28-19(35)10-18(34)26-20(36)11-23(40-30(26)28)14-2-6-16(32)7-3-14/h2-13,32-35,38H,1H3. The molecule has 0 fully saturated rings. The molecule has 0 aliphatic heterocycles. The average Bonchev–Trinajstić information content (AvgIpc) is 2.93. The first-order valence-corrected chi connectivity index (χ1v) is 12.2. The summed E-state index contributed by atoms with van der Waals surface area (Å²) >= 11 is 0. The normalized spacial score (nSPS) is 11.2. The molecule has 0 aliphatic rings. The van der Waals surface area contributed by atoms with Crippen molar-refractivity contribution in [2.45, 2.75) is 0 Å². The quantitative estimate of drug-likeness (QED) is 0.190. The second kappa shape index (κ2) is 9.38. The smallest absolute Gasteiger partial charge is 0.197 e. The van der Waals surface area contributed by atoms with Crippen molar-refractivity contribution in [2.24, 2.45) is 0 Å². The van der Waals surface area contributed by atoms with E-state index < -0.39 is 28.1 Å². The molecule has 10 heteroatoms. The molecular formula is C31H20O10. The van der Waals surface area contributed by atoms with Crippen LogP contribution in [0, 0.1) is 0 Å². The Bertz CT molecular complexity index is 2100. The van der Waals surface area contributed by atoms with Crippen LogP contribution in [0.3, 0.4) is 0 Å². The fourth-order valence-corrected chi connectivity index (χ4v) is 4.77. The molecule has 0 aliphatic carbocycles. The summed E-state index contributed by atoms with van der Waals surface area (Å²) < 4.78 is 17.7. The highest BCUT2D eigenvalue weighted by Crippen LogP contribution is 2.49. The first kappa shape index (κ1) is 25.4. The summed E-state index contributed by atoms with van der Waals surface area (Å²) in [7, 11) is 1.30. The van der Waals surface area contributed by atoms with Gasteiger partial charge in [-0.3, -0.25) is 9.59 Å². The molecule has 0 spiro atoms. The van der Waals surface area contributed by atoms with Crippen molar-refractivity contribution >= 4 is 21.9 Å². The van der Waals surface area contributed by atoms with Crippen LogP contribution >= 0.6 is 0 Å². The Kier molecular flexibility index (Phi) is 5.81. The van der Waals surface area contributed by atoms with Crippen LogP contribution in [0.2, 0.25) is 0 Å². The predicted molar refractivity (Wildman–Crippen MR) is 150 cm³/mol. The minimum atomic E-state index is -0.638. The van der Waals surface area contributed by atoms with Gasteiger partial charge in [-0.05, 0) is 48.5 Å². The monoisotopic (exact) mass is 552 g/mol. The van der Waals surface area contributed by atoms with E-state index in [4.69, 9.17) is 13.6 Å². The lowest BCUT2D eigenvalue weighted by atomic mass is 9.96. The number of phenols is 5. The zero-order chi connectivity index (χ0) is 29.0. The highest BCUT2D eigenvalue weighted by Gasteiger charge is 2.27. The van der Waals surface area contributed by atoms with E-state index in [-0.39, 0.29) is 61.8 Å². The van der Waals surface area contributed by atoms with Gasteiger partial charge in [0.25, 0.3) is 0 Å². The lowest BCUT2D eigenvalue weighted by Gasteiger charge is -2.16. The molecule has 0 radical (unpaired) electrons. The van der Waals surface area contributed by atoms with Crippen molar-refractivity contribution in [2.75, 3.05) is 7.11 Å². The first-order chi connectivity index (χ1) is 19.7. The van der Waals surface area contributed by atoms with Crippen LogP contribution < -0.4 is 15.6 Å². The zero-order valence-corrected chi connectivity index (χ0v) is 21.2. The van der Waals surface area contributed by atoms with Gasteiger partial charge in [0.1, 0.15) is 56.8 Å². The van der Waals surface area contributed by atoms with Gasteiger partial charge in [0.2, 0.25) is 0 Å². The van der Waals surface area contributed by atoms with Crippen LogP contribution in [-0.4, -0.2) is 32.6 Å². The molecule has 2 aromatic heterocycles. The largest absolute Gasteiger partial charge is 0.508 e. The molecule has 0 amide bonds. The molecule has 0 saturated heterocycles. The third kappa shape index (κ3) is 4.14. The second-order valence-electron chi connectivity index (χ2n) is 9.21. The van der Waals surface area contributed by atoms with E-state index >= 15 is 0 Å². The highest BCUT2D eigenvalue weighted by molar-refractivity contribution is 6.08. The SMILES string of the molecule is COc1cc(O)c2c(=O)cc(-c3ccc(O)cc3)oc2c1-c1c(O)cc(O)c2c(=O)cc(-c3ccc(O)cc3)oc12. The van der Waals surface area contributed by atoms with Crippen molar-refractivity contribution in [3.8, 4) is 68.3 Å². The molecule has 0 bridgehead atoms. The third-order valence-corrected chi connectivity index (χ3v) is 6.68. The summed E-state index contributed by atoms with van der Waals surface area (Å²) in [6.45, 7) is 0. The first-order valence-electron chi connectivity index (χ1n) is 12.2. The number of hydrogen-bond donors (Lipinski definition) is 5. The topological polar surface area (TPSA) is 171 Å². The Labute approximate surface area is 229 Å². The predicted octanol–water partition coefficient (Wildman–Crippen LogP) is 5.44. The van der Waals surface area contributed by atoms with Gasteiger partial charge in [-0.15, -0.1) is 0 Å². The third-order valence-electron chi connectivity index (χ3n) is 6.68. The maximum Gasteiger partial charge on any atom is 0.197 e. The Morgan fingerprint density at radius 1 is 0.561 bits per heavy atom. The molecule has 41 heavy (non-hydrogen) atoms. The van der Waals surface area contributed by atoms with Gasteiger partial charge in [0, 0.05) is 35.4 Å². The van der Waals surface area contributed by atoms with Gasteiger partial charge < -0.3 is 39.1 Å². The van der Waals surface area contributed by atoms with E-state index in [1.807, 2.05) is 0 Å². The minimum Gasteiger partial charge on any atom is -0.508 e. The number of benzene rings is 4. The average molecular weight is 552 g/mol. The number of ether oxygens (including phenoxy) is 1. The van der Waals surface area contributed by atoms with E-state index in [9.17, 15) is 35.1 Å². The number of fused-ring (bicyclic) bond motifs is 2. The van der Waals surface area contributed by atoms with Crippen LogP contribution in [-0.2, 0) is 0 Å². The number of rotatable bonds is 4. The van der Waals surface area contributed by atoms with Gasteiger partial charge in [-0.25, -0.2) is 0 Å². The summed E-state index contributed by atoms with van der Waals surface area (Å²) in [5, 5.41) is 51.4. The van der Waals surface area contributed by atoms with E-state index in [2.05, 4.69) is 0 Å². The van der Waals surface area contributed by atoms with Gasteiger partial charge in [-0.2, -0.15) is 0 Å². The number of phenolic OH excluding ortho intramolecular Hbond substituents is 5. The fourth-order valence-electron chi connectivity index (χ4n) is 4.77. The Morgan fingerprint density at radius 2 is 1.00 bits per heavy atom. The Morgan fingerprint density at radius 3 is 1.46 bits per heavy atom. The van der Waals surface area contributed by atoms with Crippen molar-refractivity contribution in [3.05, 3.63) is 93.2 Å². The van der Waals surface area contributed by atoms with Crippen LogP contribution in [0.25, 0.3) is 55.7 Å². The summed E-state index contributed by atoms with van der Waals surface area (Å²) in [6, 6.07) is 16.1. The number of aromatic hydroxyl groups is 5. The molecule has 6 aromatic rings. The van der Waals surface area contributed by atoms with Crippen molar-refractivity contribution in [1.29, 1.82) is 0 Å². The zero-order valence-electron chi connectivity index (χ0n) is 21.2. The fraction of sp³-hybridized carbons (Fsp3) is 0.0323. The van der Waals surface area contributed by atoms with Gasteiger partial charge in [0.05, 0.1) is 18.2 Å². The molecule has 0 unspecified atom stereocenters. The van der Waals surface area contributed by atoms with Crippen molar-refractivity contribution < 1.29 is 39.1 Å². The van der Waals surface area contributed by atoms with Crippen LogP contribution in [0.5, 0.6) is 34.5 Å². The molecule has 204 valence electrons.